The van der Waals surface area contributed by atoms with Crippen LogP contribution in [0.15, 0.2) is 22.7 Å². The number of nitrogens with two attached hydrogens (primary N) is 1. The number of hydrogen-bond acceptors (Lipinski definition) is 3. The molecule has 0 saturated heterocycles. The molecule has 18 heavy (non-hydrogen) atoms. The first kappa shape index (κ1) is 15.0. The average Bonchev–Trinajstić information content (AvgIpc) is 2.33. The van der Waals surface area contributed by atoms with Crippen LogP contribution >= 0.6 is 15.9 Å². The van der Waals surface area contributed by atoms with Crippen LogP contribution in [0.5, 0.6) is 5.75 Å². The van der Waals surface area contributed by atoms with E-state index in [1.807, 2.05) is 32.0 Å². The molecule has 0 radical (unpaired) electrons. The summed E-state index contributed by atoms with van der Waals surface area (Å²) in [5.41, 5.74) is 6.33. The number of nitrogens with zero attached hydrogens (tertiary/aromatic N) is 1. The Balaban J connectivity index is 2.70. The van der Waals surface area contributed by atoms with Crippen molar-refractivity contribution in [3.63, 3.8) is 0 Å². The minimum atomic E-state index is -0.352. The monoisotopic (exact) mass is 310 g/mol. The van der Waals surface area contributed by atoms with Crippen molar-refractivity contribution in [3.05, 3.63) is 28.2 Å². The predicted octanol–water partition coefficient (Wildman–Crippen LogP) is 3.27. The smallest absolute Gasteiger partial charge is 0.136 e. The van der Waals surface area contributed by atoms with E-state index >= 15 is 0 Å². The van der Waals surface area contributed by atoms with Crippen LogP contribution in [-0.2, 0) is 6.42 Å². The van der Waals surface area contributed by atoms with Gasteiger partial charge in [-0.2, -0.15) is 5.26 Å². The van der Waals surface area contributed by atoms with Crippen LogP contribution in [0.2, 0.25) is 0 Å². The molecule has 0 atom stereocenters. The van der Waals surface area contributed by atoms with E-state index in [4.69, 9.17) is 15.7 Å². The van der Waals surface area contributed by atoms with Gasteiger partial charge >= 0.3 is 0 Å². The number of hydrogen-bond donors (Lipinski definition) is 1. The second kappa shape index (κ2) is 6.77. The van der Waals surface area contributed by atoms with Gasteiger partial charge in [-0.15, -0.1) is 0 Å². The Morgan fingerprint density at radius 1 is 1.44 bits per heavy atom. The fraction of sp³-hybridized carbons (Fsp3) is 0.500. The minimum Gasteiger partial charge on any atom is -0.492 e. The van der Waals surface area contributed by atoms with E-state index in [0.29, 0.717) is 19.6 Å². The summed E-state index contributed by atoms with van der Waals surface area (Å²) in [5, 5.41) is 8.95. The molecule has 0 aliphatic heterocycles. The molecule has 0 spiro atoms. The SMILES string of the molecule is CC(C)(C#N)CCOc1c(Br)cccc1CCN. The molecule has 0 aliphatic rings. The van der Waals surface area contributed by atoms with E-state index in [2.05, 4.69) is 22.0 Å². The van der Waals surface area contributed by atoms with Crippen molar-refractivity contribution in [2.24, 2.45) is 11.1 Å². The van der Waals surface area contributed by atoms with Gasteiger partial charge in [-0.25, -0.2) is 0 Å². The van der Waals surface area contributed by atoms with Gasteiger partial charge in [0.25, 0.3) is 0 Å². The zero-order chi connectivity index (χ0) is 13.6. The Morgan fingerprint density at radius 3 is 2.78 bits per heavy atom. The van der Waals surface area contributed by atoms with Crippen molar-refractivity contribution in [3.8, 4) is 11.8 Å². The number of para-hydroxylation sites is 1. The standard InChI is InChI=1S/C14H19BrN2O/c1-14(2,10-17)7-9-18-13-11(6-8-16)4-3-5-12(13)15/h3-5H,6-9,16H2,1-2H3. The second-order valence-electron chi connectivity index (χ2n) is 4.86. The summed E-state index contributed by atoms with van der Waals surface area (Å²) < 4.78 is 6.74. The van der Waals surface area contributed by atoms with E-state index in [1.165, 1.54) is 0 Å². The quantitative estimate of drug-likeness (QED) is 0.877. The van der Waals surface area contributed by atoms with Gasteiger partial charge in [0.05, 0.1) is 22.6 Å². The number of ether oxygens (including phenoxy) is 1. The van der Waals surface area contributed by atoms with Crippen LogP contribution in [0, 0.1) is 16.7 Å². The van der Waals surface area contributed by atoms with E-state index in [0.717, 1.165) is 22.2 Å². The highest BCUT2D eigenvalue weighted by Gasteiger charge is 2.17. The largest absolute Gasteiger partial charge is 0.492 e. The maximum Gasteiger partial charge on any atom is 0.136 e. The molecule has 0 unspecified atom stereocenters. The fourth-order valence-electron chi connectivity index (χ4n) is 1.53. The van der Waals surface area contributed by atoms with Crippen molar-refractivity contribution in [1.82, 2.24) is 0 Å². The Bertz CT molecular complexity index is 438. The van der Waals surface area contributed by atoms with Crippen molar-refractivity contribution in [2.75, 3.05) is 13.2 Å². The molecular formula is C14H19BrN2O. The van der Waals surface area contributed by atoms with Gasteiger partial charge in [-0.05, 0) is 60.8 Å². The van der Waals surface area contributed by atoms with Gasteiger partial charge < -0.3 is 10.5 Å². The van der Waals surface area contributed by atoms with Gasteiger partial charge in [0.2, 0.25) is 0 Å². The molecule has 0 fully saturated rings. The second-order valence-corrected chi connectivity index (χ2v) is 5.72. The lowest BCUT2D eigenvalue weighted by atomic mass is 9.92. The lowest BCUT2D eigenvalue weighted by Crippen LogP contribution is -2.14. The third kappa shape index (κ3) is 4.32. The van der Waals surface area contributed by atoms with E-state index < -0.39 is 0 Å². The Labute approximate surface area is 117 Å². The van der Waals surface area contributed by atoms with Crippen molar-refractivity contribution >= 4 is 15.9 Å². The first-order valence-corrected chi connectivity index (χ1v) is 6.81. The van der Waals surface area contributed by atoms with Gasteiger partial charge in [-0.1, -0.05) is 12.1 Å². The molecule has 0 aliphatic carbocycles. The topological polar surface area (TPSA) is 59.0 Å². The van der Waals surface area contributed by atoms with Crippen LogP contribution in [0.4, 0.5) is 0 Å². The normalized spacial score (nSPS) is 11.1. The van der Waals surface area contributed by atoms with Crippen LogP contribution in [-0.4, -0.2) is 13.2 Å². The summed E-state index contributed by atoms with van der Waals surface area (Å²) in [4.78, 5) is 0. The summed E-state index contributed by atoms with van der Waals surface area (Å²) >= 11 is 3.48. The molecule has 0 amide bonds. The molecule has 0 bridgehead atoms. The summed E-state index contributed by atoms with van der Waals surface area (Å²) in [5.74, 6) is 0.844. The Morgan fingerprint density at radius 2 is 2.17 bits per heavy atom. The zero-order valence-electron chi connectivity index (χ0n) is 10.9. The van der Waals surface area contributed by atoms with Crippen LogP contribution in [0.25, 0.3) is 0 Å². The lowest BCUT2D eigenvalue weighted by molar-refractivity contribution is 0.261. The summed E-state index contributed by atoms with van der Waals surface area (Å²) in [6.07, 6.45) is 1.49. The minimum absolute atomic E-state index is 0.352. The highest BCUT2D eigenvalue weighted by Crippen LogP contribution is 2.30. The van der Waals surface area contributed by atoms with Gasteiger partial charge in [-0.3, -0.25) is 0 Å². The van der Waals surface area contributed by atoms with E-state index in [9.17, 15) is 0 Å². The molecule has 1 aromatic rings. The molecule has 98 valence electrons. The van der Waals surface area contributed by atoms with Crippen LogP contribution < -0.4 is 10.5 Å². The zero-order valence-corrected chi connectivity index (χ0v) is 12.5. The van der Waals surface area contributed by atoms with Crippen molar-refractivity contribution < 1.29 is 4.74 Å². The lowest BCUT2D eigenvalue weighted by Gasteiger charge is -2.17. The number of nitriles is 1. The Kier molecular flexibility index (Phi) is 5.64. The van der Waals surface area contributed by atoms with Gasteiger partial charge in [0.15, 0.2) is 0 Å². The highest BCUT2D eigenvalue weighted by molar-refractivity contribution is 9.10. The predicted molar refractivity (Wildman–Crippen MR) is 76.4 cm³/mol. The third-order valence-electron chi connectivity index (χ3n) is 2.74. The molecule has 0 saturated carbocycles. The van der Waals surface area contributed by atoms with Gasteiger partial charge in [0, 0.05) is 0 Å². The maximum atomic E-state index is 8.95. The Hall–Kier alpha value is -1.05. The molecule has 1 aromatic carbocycles. The molecular weight excluding hydrogens is 292 g/mol. The fourth-order valence-corrected chi connectivity index (χ4v) is 2.05. The molecule has 4 heteroatoms. The molecule has 0 aromatic heterocycles. The van der Waals surface area contributed by atoms with Gasteiger partial charge in [0.1, 0.15) is 5.75 Å². The van der Waals surface area contributed by atoms with E-state index in [-0.39, 0.29) is 5.41 Å². The van der Waals surface area contributed by atoms with Crippen LogP contribution in [0.1, 0.15) is 25.8 Å². The van der Waals surface area contributed by atoms with Crippen molar-refractivity contribution in [2.45, 2.75) is 26.7 Å². The first-order valence-electron chi connectivity index (χ1n) is 6.01. The van der Waals surface area contributed by atoms with Crippen molar-refractivity contribution in [1.29, 1.82) is 5.26 Å². The summed E-state index contributed by atoms with van der Waals surface area (Å²) in [6, 6.07) is 8.21. The number of rotatable bonds is 6. The highest BCUT2D eigenvalue weighted by atomic mass is 79.9. The molecule has 2 N–H and O–H groups in total. The molecule has 0 heterocycles. The average molecular weight is 311 g/mol. The first-order chi connectivity index (χ1) is 8.50. The number of benzene rings is 1. The van der Waals surface area contributed by atoms with Crippen LogP contribution in [0.3, 0.4) is 0 Å². The third-order valence-corrected chi connectivity index (χ3v) is 3.36. The summed E-state index contributed by atoms with van der Waals surface area (Å²) in [6.45, 7) is 4.95. The molecule has 3 nitrogen and oxygen atoms in total. The molecule has 1 rings (SSSR count). The summed E-state index contributed by atoms with van der Waals surface area (Å²) in [7, 11) is 0. The number of halogens is 1. The maximum absolute atomic E-state index is 8.95. The van der Waals surface area contributed by atoms with E-state index in [1.54, 1.807) is 0 Å².